The minimum absolute atomic E-state index is 0.525. The number of rotatable bonds is 3. The van der Waals surface area contributed by atoms with Crippen molar-refractivity contribution in [3.05, 3.63) is 28.9 Å². The van der Waals surface area contributed by atoms with Crippen LogP contribution in [0.2, 0.25) is 0 Å². The van der Waals surface area contributed by atoms with E-state index in [1.807, 2.05) is 12.3 Å². The Bertz CT molecular complexity index is 479. The number of aromatic nitrogens is 2. The summed E-state index contributed by atoms with van der Waals surface area (Å²) in [6.45, 7) is 0.668. The molecule has 2 heterocycles. The van der Waals surface area contributed by atoms with Crippen LogP contribution in [0.25, 0.3) is 0 Å². The topological polar surface area (TPSA) is 90.5 Å². The number of nitrogens with one attached hydrogen (secondary N) is 2. The third kappa shape index (κ3) is 2.08. The van der Waals surface area contributed by atoms with Crippen molar-refractivity contribution >= 4 is 22.0 Å². The number of thiophene rings is 1. The zero-order valence-electron chi connectivity index (χ0n) is 7.82. The molecule has 2 aromatic heterocycles. The first kappa shape index (κ1) is 9.55. The number of nitrogens with two attached hydrogens (primary N) is 1. The lowest BCUT2D eigenvalue weighted by Crippen LogP contribution is -1.95. The highest BCUT2D eigenvalue weighted by Gasteiger charge is 2.04. The first-order valence-electron chi connectivity index (χ1n) is 4.30. The number of nitrogens with zero attached hydrogens (tertiary/aromatic N) is 2. The molecule has 0 aromatic carbocycles. The molecule has 0 fully saturated rings. The Morgan fingerprint density at radius 1 is 1.67 bits per heavy atom. The molecule has 5 nitrogen and oxygen atoms in total. The van der Waals surface area contributed by atoms with E-state index in [-0.39, 0.29) is 0 Å². The molecule has 0 unspecified atom stereocenters. The lowest BCUT2D eigenvalue weighted by molar-refractivity contribution is 1.09. The SMILES string of the molecule is N#Cc1sc(NCc2cn[nH]c2)cc1N. The maximum absolute atomic E-state index is 8.72. The minimum Gasteiger partial charge on any atom is -0.397 e. The number of hydrogen-bond acceptors (Lipinski definition) is 5. The first-order valence-corrected chi connectivity index (χ1v) is 5.12. The Morgan fingerprint density at radius 2 is 2.53 bits per heavy atom. The summed E-state index contributed by atoms with van der Waals surface area (Å²) < 4.78 is 0. The van der Waals surface area contributed by atoms with Crippen molar-refractivity contribution in [1.29, 1.82) is 5.26 Å². The van der Waals surface area contributed by atoms with Gasteiger partial charge in [0.05, 0.1) is 16.9 Å². The smallest absolute Gasteiger partial charge is 0.129 e. The molecule has 0 aliphatic heterocycles. The molecular formula is C9H9N5S. The van der Waals surface area contributed by atoms with Crippen molar-refractivity contribution in [2.75, 3.05) is 11.1 Å². The van der Waals surface area contributed by atoms with Gasteiger partial charge in [-0.25, -0.2) is 0 Å². The number of hydrogen-bond donors (Lipinski definition) is 3. The van der Waals surface area contributed by atoms with Gasteiger partial charge in [-0.05, 0) is 6.07 Å². The second-order valence-corrected chi connectivity index (χ2v) is 4.02. The van der Waals surface area contributed by atoms with Gasteiger partial charge in [0.15, 0.2) is 0 Å². The summed E-state index contributed by atoms with van der Waals surface area (Å²) in [5.41, 5.74) is 7.21. The summed E-state index contributed by atoms with van der Waals surface area (Å²) in [5, 5.41) is 19.4. The van der Waals surface area contributed by atoms with Crippen molar-refractivity contribution in [3.63, 3.8) is 0 Å². The van der Waals surface area contributed by atoms with Crippen LogP contribution in [0.5, 0.6) is 0 Å². The summed E-state index contributed by atoms with van der Waals surface area (Å²) in [4.78, 5) is 0.546. The highest BCUT2D eigenvalue weighted by Crippen LogP contribution is 2.28. The maximum atomic E-state index is 8.72. The highest BCUT2D eigenvalue weighted by molar-refractivity contribution is 7.17. The summed E-state index contributed by atoms with van der Waals surface area (Å²) in [6, 6.07) is 3.81. The maximum Gasteiger partial charge on any atom is 0.129 e. The quantitative estimate of drug-likeness (QED) is 0.730. The molecule has 2 aromatic rings. The highest BCUT2D eigenvalue weighted by atomic mass is 32.1. The molecule has 0 radical (unpaired) electrons. The van der Waals surface area contributed by atoms with Gasteiger partial charge in [0.2, 0.25) is 0 Å². The Morgan fingerprint density at radius 3 is 3.13 bits per heavy atom. The summed E-state index contributed by atoms with van der Waals surface area (Å²) >= 11 is 1.35. The number of anilines is 2. The molecule has 0 aliphatic rings. The molecule has 0 aliphatic carbocycles. The number of nitriles is 1. The number of aromatic amines is 1. The van der Waals surface area contributed by atoms with E-state index >= 15 is 0 Å². The zero-order chi connectivity index (χ0) is 10.7. The molecular weight excluding hydrogens is 210 g/mol. The molecule has 2 rings (SSSR count). The van der Waals surface area contributed by atoms with E-state index in [2.05, 4.69) is 15.5 Å². The van der Waals surface area contributed by atoms with Gasteiger partial charge < -0.3 is 11.1 Å². The standard InChI is InChI=1S/C9H9N5S/c10-2-8-7(11)1-9(15-8)12-3-6-4-13-14-5-6/h1,4-5,12H,3,11H2,(H,13,14). The van der Waals surface area contributed by atoms with Crippen LogP contribution >= 0.6 is 11.3 Å². The van der Waals surface area contributed by atoms with Gasteiger partial charge in [-0.2, -0.15) is 10.4 Å². The molecule has 0 saturated carbocycles. The van der Waals surface area contributed by atoms with Crippen molar-refractivity contribution in [3.8, 4) is 6.07 Å². The Labute approximate surface area is 90.5 Å². The van der Waals surface area contributed by atoms with Crippen LogP contribution in [0.4, 0.5) is 10.7 Å². The Hall–Kier alpha value is -2.00. The lowest BCUT2D eigenvalue weighted by atomic mass is 10.3. The number of H-pyrrole nitrogens is 1. The van der Waals surface area contributed by atoms with Crippen molar-refractivity contribution in [2.24, 2.45) is 0 Å². The van der Waals surface area contributed by atoms with E-state index in [9.17, 15) is 0 Å². The minimum atomic E-state index is 0.525. The van der Waals surface area contributed by atoms with Crippen LogP contribution in [0.1, 0.15) is 10.4 Å². The normalized spacial score (nSPS) is 9.80. The van der Waals surface area contributed by atoms with E-state index in [0.717, 1.165) is 10.6 Å². The van der Waals surface area contributed by atoms with E-state index in [0.29, 0.717) is 17.1 Å². The molecule has 4 N–H and O–H groups in total. The third-order valence-electron chi connectivity index (χ3n) is 1.88. The van der Waals surface area contributed by atoms with Crippen LogP contribution in [0.15, 0.2) is 18.5 Å². The molecule has 6 heteroatoms. The van der Waals surface area contributed by atoms with Crippen LogP contribution in [0, 0.1) is 11.3 Å². The lowest BCUT2D eigenvalue weighted by Gasteiger charge is -1.98. The van der Waals surface area contributed by atoms with Crippen molar-refractivity contribution < 1.29 is 0 Å². The van der Waals surface area contributed by atoms with E-state index in [4.69, 9.17) is 11.0 Å². The van der Waals surface area contributed by atoms with Crippen LogP contribution in [-0.2, 0) is 6.54 Å². The Balaban J connectivity index is 2.03. The van der Waals surface area contributed by atoms with Gasteiger partial charge in [0.25, 0.3) is 0 Å². The summed E-state index contributed by atoms with van der Waals surface area (Å²) in [7, 11) is 0. The predicted octanol–water partition coefficient (Wildman–Crippen LogP) is 1.54. The van der Waals surface area contributed by atoms with Crippen LogP contribution in [-0.4, -0.2) is 10.2 Å². The fourth-order valence-electron chi connectivity index (χ4n) is 1.14. The van der Waals surface area contributed by atoms with E-state index < -0.39 is 0 Å². The fraction of sp³-hybridized carbons (Fsp3) is 0.111. The first-order chi connectivity index (χ1) is 7.29. The Kier molecular flexibility index (Phi) is 2.56. The number of nitrogen functional groups attached to an aromatic ring is 1. The largest absolute Gasteiger partial charge is 0.397 e. The van der Waals surface area contributed by atoms with Gasteiger partial charge in [-0.15, -0.1) is 11.3 Å². The molecule has 76 valence electrons. The van der Waals surface area contributed by atoms with E-state index in [1.165, 1.54) is 11.3 Å². The van der Waals surface area contributed by atoms with Gasteiger partial charge in [-0.1, -0.05) is 0 Å². The average molecular weight is 219 g/mol. The van der Waals surface area contributed by atoms with Crippen molar-refractivity contribution in [1.82, 2.24) is 10.2 Å². The predicted molar refractivity (Wildman–Crippen MR) is 59.4 cm³/mol. The second kappa shape index (κ2) is 4.02. The van der Waals surface area contributed by atoms with Crippen LogP contribution < -0.4 is 11.1 Å². The molecule has 0 spiro atoms. The summed E-state index contributed by atoms with van der Waals surface area (Å²) in [5.74, 6) is 0. The molecule has 0 amide bonds. The third-order valence-corrected chi connectivity index (χ3v) is 2.90. The molecule has 0 atom stereocenters. The van der Waals surface area contributed by atoms with E-state index in [1.54, 1.807) is 12.3 Å². The fourth-order valence-corrected chi connectivity index (χ4v) is 1.92. The van der Waals surface area contributed by atoms with Gasteiger partial charge in [0, 0.05) is 18.3 Å². The monoisotopic (exact) mass is 219 g/mol. The van der Waals surface area contributed by atoms with Crippen LogP contribution in [0.3, 0.4) is 0 Å². The second-order valence-electron chi connectivity index (χ2n) is 2.97. The van der Waals surface area contributed by atoms with Gasteiger partial charge in [0.1, 0.15) is 10.9 Å². The molecule has 0 bridgehead atoms. The molecule has 0 saturated heterocycles. The van der Waals surface area contributed by atoms with Crippen molar-refractivity contribution in [2.45, 2.75) is 6.54 Å². The summed E-state index contributed by atoms with van der Waals surface area (Å²) in [6.07, 6.45) is 3.56. The molecule has 15 heavy (non-hydrogen) atoms. The van der Waals surface area contributed by atoms with Gasteiger partial charge >= 0.3 is 0 Å². The average Bonchev–Trinajstić information content (AvgIpc) is 2.83. The van der Waals surface area contributed by atoms with Gasteiger partial charge in [-0.3, -0.25) is 5.10 Å². The zero-order valence-corrected chi connectivity index (χ0v) is 8.64.